The van der Waals surface area contributed by atoms with Crippen LogP contribution in [0.5, 0.6) is 0 Å². The van der Waals surface area contributed by atoms with Gasteiger partial charge in [0.2, 0.25) is 0 Å². The molecule has 1 aromatic rings. The van der Waals surface area contributed by atoms with Crippen molar-refractivity contribution in [1.29, 1.82) is 0 Å². The van der Waals surface area contributed by atoms with Crippen molar-refractivity contribution in [3.63, 3.8) is 0 Å². The van der Waals surface area contributed by atoms with E-state index in [-0.39, 0.29) is 0 Å². The highest BCUT2D eigenvalue weighted by Crippen LogP contribution is 2.33. The molecule has 0 saturated heterocycles. The van der Waals surface area contributed by atoms with Crippen LogP contribution in [0.4, 0.5) is 5.69 Å². The minimum atomic E-state index is 0.544. The average molecular weight is 206 g/mol. The Balaban J connectivity index is 3.26. The molecule has 0 aliphatic carbocycles. The monoisotopic (exact) mass is 206 g/mol. The molecule has 0 aliphatic heterocycles. The number of anilines is 1. The molecule has 0 fully saturated rings. The Kier molecular flexibility index (Phi) is 4.15. The summed E-state index contributed by atoms with van der Waals surface area (Å²) >= 11 is 0. The third kappa shape index (κ3) is 2.51. The van der Waals surface area contributed by atoms with E-state index in [2.05, 4.69) is 45.3 Å². The van der Waals surface area contributed by atoms with Crippen molar-refractivity contribution in [1.82, 2.24) is 0 Å². The molecule has 0 spiro atoms. The van der Waals surface area contributed by atoms with Crippen LogP contribution in [0.3, 0.4) is 0 Å². The normalized spacial score (nSPS) is 12.9. The maximum atomic E-state index is 5.56. The summed E-state index contributed by atoms with van der Waals surface area (Å²) in [4.78, 5) is 0. The Morgan fingerprint density at radius 3 is 2.40 bits per heavy atom. The van der Waals surface area contributed by atoms with Gasteiger partial charge in [-0.3, -0.25) is 5.84 Å². The van der Waals surface area contributed by atoms with Gasteiger partial charge in [0.05, 0.1) is 5.69 Å². The second-order valence-corrected chi connectivity index (χ2v) is 4.42. The summed E-state index contributed by atoms with van der Waals surface area (Å²) in [7, 11) is 0. The highest BCUT2D eigenvalue weighted by atomic mass is 15.2. The second-order valence-electron chi connectivity index (χ2n) is 4.42. The van der Waals surface area contributed by atoms with E-state index in [0.717, 1.165) is 12.1 Å². The predicted molar refractivity (Wildman–Crippen MR) is 67.0 cm³/mol. The summed E-state index contributed by atoms with van der Waals surface area (Å²) in [5, 5.41) is 0. The van der Waals surface area contributed by atoms with Crippen LogP contribution in [0.25, 0.3) is 0 Å². The van der Waals surface area contributed by atoms with Gasteiger partial charge >= 0.3 is 0 Å². The zero-order valence-corrected chi connectivity index (χ0v) is 10.2. The second kappa shape index (κ2) is 5.17. The Hall–Kier alpha value is -1.02. The molecular formula is C13H22N2. The fourth-order valence-corrected chi connectivity index (χ4v) is 1.97. The molecule has 3 N–H and O–H groups in total. The predicted octanol–water partition coefficient (Wildman–Crippen LogP) is 3.61. The molecule has 0 aromatic heterocycles. The molecule has 84 valence electrons. The number of nitrogens with two attached hydrogens (primary N) is 1. The molecule has 1 unspecified atom stereocenters. The lowest BCUT2D eigenvalue weighted by molar-refractivity contribution is 0.709. The maximum Gasteiger partial charge on any atom is 0.0522 e. The first kappa shape index (κ1) is 12.1. The van der Waals surface area contributed by atoms with Crippen molar-refractivity contribution in [2.45, 2.75) is 46.0 Å². The van der Waals surface area contributed by atoms with Crippen LogP contribution in [-0.4, -0.2) is 0 Å². The Morgan fingerprint density at radius 1 is 1.27 bits per heavy atom. The number of rotatable bonds is 4. The molecule has 2 heteroatoms. The molecule has 0 saturated carbocycles. The molecule has 15 heavy (non-hydrogen) atoms. The van der Waals surface area contributed by atoms with E-state index < -0.39 is 0 Å². The number of nitrogens with one attached hydrogen (secondary N) is 1. The van der Waals surface area contributed by atoms with Gasteiger partial charge in [-0.25, -0.2) is 0 Å². The molecule has 1 aromatic carbocycles. The SMILES string of the molecule is CCC(C)c1c(NN)cccc1C(C)C. The quantitative estimate of drug-likeness (QED) is 0.583. The van der Waals surface area contributed by atoms with Gasteiger partial charge in [-0.1, -0.05) is 39.8 Å². The minimum absolute atomic E-state index is 0.544. The lowest BCUT2D eigenvalue weighted by Crippen LogP contribution is -2.12. The molecular weight excluding hydrogens is 184 g/mol. The van der Waals surface area contributed by atoms with Crippen LogP contribution in [0, 0.1) is 0 Å². The average Bonchev–Trinajstić information content (AvgIpc) is 2.26. The summed E-state index contributed by atoms with van der Waals surface area (Å²) in [5.74, 6) is 6.66. The van der Waals surface area contributed by atoms with Crippen LogP contribution in [-0.2, 0) is 0 Å². The summed E-state index contributed by atoms with van der Waals surface area (Å²) in [6.45, 7) is 8.91. The van der Waals surface area contributed by atoms with Crippen LogP contribution in [0.1, 0.15) is 57.1 Å². The summed E-state index contributed by atoms with van der Waals surface area (Å²) in [5.41, 5.74) is 6.65. The zero-order valence-electron chi connectivity index (χ0n) is 10.2. The van der Waals surface area contributed by atoms with E-state index in [1.807, 2.05) is 6.07 Å². The first-order valence-corrected chi connectivity index (χ1v) is 5.71. The number of nitrogen functional groups attached to an aromatic ring is 1. The van der Waals surface area contributed by atoms with Gasteiger partial charge in [-0.15, -0.1) is 0 Å². The minimum Gasteiger partial charge on any atom is -0.324 e. The van der Waals surface area contributed by atoms with Crippen LogP contribution in [0.15, 0.2) is 18.2 Å². The van der Waals surface area contributed by atoms with Crippen molar-refractivity contribution in [2.75, 3.05) is 5.43 Å². The first-order valence-electron chi connectivity index (χ1n) is 5.71. The fraction of sp³-hybridized carbons (Fsp3) is 0.538. The third-order valence-electron chi connectivity index (χ3n) is 3.02. The molecule has 1 atom stereocenters. The lowest BCUT2D eigenvalue weighted by atomic mass is 9.87. The molecule has 0 bridgehead atoms. The largest absolute Gasteiger partial charge is 0.324 e. The summed E-state index contributed by atoms with van der Waals surface area (Å²) in [6, 6.07) is 6.32. The van der Waals surface area contributed by atoms with E-state index in [1.165, 1.54) is 11.1 Å². The van der Waals surface area contributed by atoms with E-state index >= 15 is 0 Å². The topological polar surface area (TPSA) is 38.0 Å². The van der Waals surface area contributed by atoms with E-state index in [4.69, 9.17) is 5.84 Å². The van der Waals surface area contributed by atoms with Gasteiger partial charge in [0.1, 0.15) is 0 Å². The van der Waals surface area contributed by atoms with Crippen molar-refractivity contribution < 1.29 is 0 Å². The Labute approximate surface area is 92.8 Å². The van der Waals surface area contributed by atoms with Gasteiger partial charge in [-0.2, -0.15) is 0 Å². The van der Waals surface area contributed by atoms with Crippen molar-refractivity contribution in [3.05, 3.63) is 29.3 Å². The molecule has 0 heterocycles. The summed E-state index contributed by atoms with van der Waals surface area (Å²) in [6.07, 6.45) is 1.14. The number of benzene rings is 1. The fourth-order valence-electron chi connectivity index (χ4n) is 1.97. The van der Waals surface area contributed by atoms with Gasteiger partial charge in [0.15, 0.2) is 0 Å². The highest BCUT2D eigenvalue weighted by Gasteiger charge is 2.15. The van der Waals surface area contributed by atoms with Gasteiger partial charge in [0.25, 0.3) is 0 Å². The highest BCUT2D eigenvalue weighted by molar-refractivity contribution is 5.56. The molecule has 1 rings (SSSR count). The number of hydrazine groups is 1. The lowest BCUT2D eigenvalue weighted by Gasteiger charge is -2.21. The van der Waals surface area contributed by atoms with Crippen LogP contribution < -0.4 is 11.3 Å². The van der Waals surface area contributed by atoms with E-state index in [9.17, 15) is 0 Å². The van der Waals surface area contributed by atoms with E-state index in [0.29, 0.717) is 11.8 Å². The van der Waals surface area contributed by atoms with E-state index in [1.54, 1.807) is 0 Å². The first-order chi connectivity index (χ1) is 7.11. The zero-order chi connectivity index (χ0) is 11.4. The molecule has 0 radical (unpaired) electrons. The molecule has 0 aliphatic rings. The smallest absolute Gasteiger partial charge is 0.0522 e. The van der Waals surface area contributed by atoms with Crippen LogP contribution in [0.2, 0.25) is 0 Å². The molecule has 2 nitrogen and oxygen atoms in total. The van der Waals surface area contributed by atoms with Crippen molar-refractivity contribution in [3.8, 4) is 0 Å². The Morgan fingerprint density at radius 2 is 1.93 bits per heavy atom. The maximum absolute atomic E-state index is 5.56. The van der Waals surface area contributed by atoms with Gasteiger partial charge in [0, 0.05) is 0 Å². The van der Waals surface area contributed by atoms with Gasteiger partial charge in [-0.05, 0) is 35.4 Å². The third-order valence-corrected chi connectivity index (χ3v) is 3.02. The van der Waals surface area contributed by atoms with Crippen molar-refractivity contribution >= 4 is 5.69 Å². The van der Waals surface area contributed by atoms with Gasteiger partial charge < -0.3 is 5.43 Å². The Bertz CT molecular complexity index is 318. The van der Waals surface area contributed by atoms with Crippen molar-refractivity contribution in [2.24, 2.45) is 5.84 Å². The standard InChI is InChI=1S/C13H22N2/c1-5-10(4)13-11(9(2)3)7-6-8-12(13)15-14/h6-10,15H,5,14H2,1-4H3. The summed E-state index contributed by atoms with van der Waals surface area (Å²) < 4.78 is 0. The number of hydrogen-bond acceptors (Lipinski definition) is 2. The van der Waals surface area contributed by atoms with Crippen LogP contribution >= 0.6 is 0 Å². The number of hydrogen-bond donors (Lipinski definition) is 2. The molecule has 0 amide bonds.